The molecule has 96 valence electrons. The van der Waals surface area contributed by atoms with Gasteiger partial charge in [-0.05, 0) is 19.3 Å². The molecular formula is C10H16N2O4S. The molecule has 0 aromatic heterocycles. The summed E-state index contributed by atoms with van der Waals surface area (Å²) in [5.74, 6) is -0.578. The average molecular weight is 260 g/mol. The van der Waals surface area contributed by atoms with E-state index in [1.165, 1.54) is 0 Å². The zero-order valence-corrected chi connectivity index (χ0v) is 10.3. The van der Waals surface area contributed by atoms with Crippen molar-refractivity contribution in [2.75, 3.05) is 11.5 Å². The largest absolute Gasteiger partial charge is 0.353 e. The van der Waals surface area contributed by atoms with Crippen molar-refractivity contribution >= 4 is 21.7 Å². The van der Waals surface area contributed by atoms with Gasteiger partial charge in [0, 0.05) is 12.1 Å². The second-order valence-corrected chi connectivity index (χ2v) is 6.91. The molecule has 0 aromatic carbocycles. The molecule has 6 nitrogen and oxygen atoms in total. The highest BCUT2D eigenvalue weighted by atomic mass is 32.2. The quantitative estimate of drug-likeness (QED) is 0.631. The maximum atomic E-state index is 11.5. The van der Waals surface area contributed by atoms with Gasteiger partial charge in [-0.1, -0.05) is 0 Å². The lowest BCUT2D eigenvalue weighted by Crippen LogP contribution is -2.39. The number of amides is 2. The third-order valence-electron chi connectivity index (χ3n) is 2.86. The molecule has 1 heterocycles. The highest BCUT2D eigenvalue weighted by molar-refractivity contribution is 7.91. The third-order valence-corrected chi connectivity index (χ3v) is 4.63. The first-order valence-corrected chi connectivity index (χ1v) is 7.56. The first kappa shape index (κ1) is 12.3. The standard InChI is InChI=1S/C10H16N2O4S/c13-9(11-7-1-2-7)5-10(14)12-8-3-4-17(15,16)6-8/h7-8H,1-6H2,(H,11,13)(H,12,14). The van der Waals surface area contributed by atoms with E-state index in [0.717, 1.165) is 12.8 Å². The minimum atomic E-state index is -2.99. The summed E-state index contributed by atoms with van der Waals surface area (Å²) in [6, 6.07) is -0.0941. The SMILES string of the molecule is O=C(CC(=O)NC1CCS(=O)(=O)C1)NC1CC1. The first-order valence-electron chi connectivity index (χ1n) is 5.74. The van der Waals surface area contributed by atoms with Crippen molar-refractivity contribution in [3.8, 4) is 0 Å². The summed E-state index contributed by atoms with van der Waals surface area (Å²) in [6.07, 6.45) is 2.19. The monoisotopic (exact) mass is 260 g/mol. The van der Waals surface area contributed by atoms with E-state index in [4.69, 9.17) is 0 Å². The minimum Gasteiger partial charge on any atom is -0.353 e. The molecule has 2 aliphatic rings. The Kier molecular flexibility index (Phi) is 3.37. The van der Waals surface area contributed by atoms with E-state index in [0.29, 0.717) is 6.42 Å². The van der Waals surface area contributed by atoms with Crippen LogP contribution in [0, 0.1) is 0 Å². The van der Waals surface area contributed by atoms with Crippen molar-refractivity contribution in [1.29, 1.82) is 0 Å². The molecule has 7 heteroatoms. The van der Waals surface area contributed by atoms with E-state index in [2.05, 4.69) is 10.6 Å². The van der Waals surface area contributed by atoms with Gasteiger partial charge in [-0.2, -0.15) is 0 Å². The summed E-state index contributed by atoms with van der Waals surface area (Å²) < 4.78 is 22.3. The van der Waals surface area contributed by atoms with Crippen LogP contribution < -0.4 is 10.6 Å². The van der Waals surface area contributed by atoms with Crippen LogP contribution in [-0.4, -0.2) is 43.8 Å². The molecule has 1 saturated heterocycles. The number of hydrogen-bond acceptors (Lipinski definition) is 4. The van der Waals surface area contributed by atoms with Gasteiger partial charge in [0.05, 0.1) is 11.5 Å². The van der Waals surface area contributed by atoms with Crippen molar-refractivity contribution in [3.05, 3.63) is 0 Å². The number of carbonyl (C=O) groups excluding carboxylic acids is 2. The zero-order chi connectivity index (χ0) is 12.5. The second-order valence-electron chi connectivity index (χ2n) is 4.69. The van der Waals surface area contributed by atoms with Crippen LogP contribution in [0.1, 0.15) is 25.7 Å². The summed E-state index contributed by atoms with van der Waals surface area (Å²) in [7, 11) is -2.99. The normalized spacial score (nSPS) is 26.5. The van der Waals surface area contributed by atoms with E-state index < -0.39 is 15.7 Å². The molecule has 0 spiro atoms. The molecule has 1 atom stereocenters. The maximum Gasteiger partial charge on any atom is 0.229 e. The summed E-state index contributed by atoms with van der Waals surface area (Å²) in [5.41, 5.74) is 0. The molecule has 0 radical (unpaired) electrons. The predicted molar refractivity (Wildman–Crippen MR) is 61.0 cm³/mol. The molecule has 0 bridgehead atoms. The first-order chi connectivity index (χ1) is 7.94. The van der Waals surface area contributed by atoms with Gasteiger partial charge in [0.25, 0.3) is 0 Å². The Bertz CT molecular complexity index is 428. The van der Waals surface area contributed by atoms with Gasteiger partial charge in [-0.25, -0.2) is 8.42 Å². The molecule has 2 N–H and O–H groups in total. The number of rotatable bonds is 4. The van der Waals surface area contributed by atoms with E-state index >= 15 is 0 Å². The molecule has 1 unspecified atom stereocenters. The molecule has 2 rings (SSSR count). The molecule has 0 aromatic rings. The van der Waals surface area contributed by atoms with Gasteiger partial charge < -0.3 is 10.6 Å². The molecular weight excluding hydrogens is 244 g/mol. The van der Waals surface area contributed by atoms with Crippen LogP contribution in [0.4, 0.5) is 0 Å². The van der Waals surface area contributed by atoms with Crippen LogP contribution in [-0.2, 0) is 19.4 Å². The minimum absolute atomic E-state index is 0.0109. The lowest BCUT2D eigenvalue weighted by Gasteiger charge is -2.10. The van der Waals surface area contributed by atoms with Crippen LogP contribution >= 0.6 is 0 Å². The highest BCUT2D eigenvalue weighted by Gasteiger charge is 2.30. The van der Waals surface area contributed by atoms with Gasteiger partial charge in [-0.3, -0.25) is 9.59 Å². The van der Waals surface area contributed by atoms with Gasteiger partial charge in [-0.15, -0.1) is 0 Å². The lowest BCUT2D eigenvalue weighted by molar-refractivity contribution is -0.129. The Hall–Kier alpha value is -1.11. The van der Waals surface area contributed by atoms with Crippen molar-refractivity contribution in [2.45, 2.75) is 37.8 Å². The fourth-order valence-electron chi connectivity index (χ4n) is 1.84. The topological polar surface area (TPSA) is 92.3 Å². The van der Waals surface area contributed by atoms with Crippen molar-refractivity contribution in [1.82, 2.24) is 10.6 Å². The van der Waals surface area contributed by atoms with E-state index in [1.807, 2.05) is 0 Å². The van der Waals surface area contributed by atoms with Gasteiger partial charge in [0.1, 0.15) is 6.42 Å². The number of nitrogens with one attached hydrogen (secondary N) is 2. The van der Waals surface area contributed by atoms with Gasteiger partial charge >= 0.3 is 0 Å². The Morgan fingerprint density at radius 3 is 2.06 bits per heavy atom. The van der Waals surface area contributed by atoms with Crippen LogP contribution in [0.5, 0.6) is 0 Å². The number of carbonyl (C=O) groups is 2. The van der Waals surface area contributed by atoms with Crippen LogP contribution in [0.15, 0.2) is 0 Å². The van der Waals surface area contributed by atoms with E-state index in [9.17, 15) is 18.0 Å². The summed E-state index contributed by atoms with van der Waals surface area (Å²) in [4.78, 5) is 22.8. The molecule has 1 aliphatic carbocycles. The average Bonchev–Trinajstić information content (AvgIpc) is 2.91. The molecule has 2 fully saturated rings. The van der Waals surface area contributed by atoms with Gasteiger partial charge in [0.15, 0.2) is 9.84 Å². The van der Waals surface area contributed by atoms with Crippen molar-refractivity contribution in [2.24, 2.45) is 0 Å². The van der Waals surface area contributed by atoms with E-state index in [1.54, 1.807) is 0 Å². The van der Waals surface area contributed by atoms with Crippen LogP contribution in [0.3, 0.4) is 0 Å². The lowest BCUT2D eigenvalue weighted by atomic mass is 10.2. The van der Waals surface area contributed by atoms with Crippen LogP contribution in [0.25, 0.3) is 0 Å². The van der Waals surface area contributed by atoms with E-state index in [-0.39, 0.29) is 35.9 Å². The zero-order valence-electron chi connectivity index (χ0n) is 9.44. The molecule has 17 heavy (non-hydrogen) atoms. The Morgan fingerprint density at radius 1 is 1.00 bits per heavy atom. The predicted octanol–water partition coefficient (Wildman–Crippen LogP) is -1.04. The Balaban J connectivity index is 1.71. The van der Waals surface area contributed by atoms with Crippen molar-refractivity contribution < 1.29 is 18.0 Å². The highest BCUT2D eigenvalue weighted by Crippen LogP contribution is 2.18. The summed E-state index contributed by atoms with van der Waals surface area (Å²) >= 11 is 0. The number of hydrogen-bond donors (Lipinski definition) is 2. The molecule has 2 amide bonds. The number of sulfone groups is 1. The Labute approximate surface area is 100 Å². The van der Waals surface area contributed by atoms with Crippen molar-refractivity contribution in [3.63, 3.8) is 0 Å². The smallest absolute Gasteiger partial charge is 0.229 e. The summed E-state index contributed by atoms with van der Waals surface area (Å²) in [5, 5.41) is 5.29. The van der Waals surface area contributed by atoms with Crippen LogP contribution in [0.2, 0.25) is 0 Å². The Morgan fingerprint density at radius 2 is 1.59 bits per heavy atom. The molecule has 1 saturated carbocycles. The fourth-order valence-corrected chi connectivity index (χ4v) is 3.51. The summed E-state index contributed by atoms with van der Waals surface area (Å²) in [6.45, 7) is 0. The third kappa shape index (κ3) is 3.99. The maximum absolute atomic E-state index is 11.5. The second kappa shape index (κ2) is 4.64. The fraction of sp³-hybridized carbons (Fsp3) is 0.800. The molecule has 1 aliphatic heterocycles. The van der Waals surface area contributed by atoms with Gasteiger partial charge in [0.2, 0.25) is 11.8 Å².